The van der Waals surface area contributed by atoms with E-state index in [2.05, 4.69) is 9.97 Å². The highest BCUT2D eigenvalue weighted by Crippen LogP contribution is 2.37. The number of hydrogen-bond acceptors (Lipinski definition) is 7. The standard InChI is InChI=1S/C15H15N3O4S/c1-20-14(19)11-8-18-9-17-12(13(18)23-11)15(21-2,22-3)10-5-4-6-16-7-10/h4-9H,1-3H3. The fourth-order valence-electron chi connectivity index (χ4n) is 2.43. The van der Waals surface area contributed by atoms with Crippen molar-refractivity contribution < 1.29 is 19.0 Å². The van der Waals surface area contributed by atoms with Crippen LogP contribution in [0, 0.1) is 0 Å². The summed E-state index contributed by atoms with van der Waals surface area (Å²) in [7, 11) is 4.42. The second-order valence-electron chi connectivity index (χ2n) is 4.66. The van der Waals surface area contributed by atoms with E-state index in [1.54, 1.807) is 35.4 Å². The Labute approximate surface area is 136 Å². The number of carbonyl (C=O) groups excluding carboxylic acids is 1. The average Bonchev–Trinajstić information content (AvgIpc) is 3.18. The van der Waals surface area contributed by atoms with Gasteiger partial charge in [-0.2, -0.15) is 0 Å². The number of esters is 1. The number of rotatable bonds is 5. The van der Waals surface area contributed by atoms with Gasteiger partial charge in [-0.1, -0.05) is 6.07 Å². The Balaban J connectivity index is 2.19. The second kappa shape index (κ2) is 6.07. The number of methoxy groups -OCH3 is 3. The lowest BCUT2D eigenvalue weighted by atomic mass is 10.1. The lowest BCUT2D eigenvalue weighted by Crippen LogP contribution is -2.33. The van der Waals surface area contributed by atoms with Crippen LogP contribution in [0.1, 0.15) is 20.9 Å². The third kappa shape index (κ3) is 2.40. The number of aromatic nitrogens is 3. The van der Waals surface area contributed by atoms with E-state index in [4.69, 9.17) is 14.2 Å². The monoisotopic (exact) mass is 333 g/mol. The highest BCUT2D eigenvalue weighted by molar-refractivity contribution is 7.19. The van der Waals surface area contributed by atoms with Gasteiger partial charge >= 0.3 is 5.97 Å². The topological polar surface area (TPSA) is 75.0 Å². The molecule has 3 heterocycles. The Kier molecular flexibility index (Phi) is 4.12. The predicted octanol–water partition coefficient (Wildman–Crippen LogP) is 2.07. The van der Waals surface area contributed by atoms with Crippen molar-refractivity contribution in [3.8, 4) is 0 Å². The van der Waals surface area contributed by atoms with Gasteiger partial charge in [-0.25, -0.2) is 9.78 Å². The molecule has 0 spiro atoms. The highest BCUT2D eigenvalue weighted by atomic mass is 32.1. The van der Waals surface area contributed by atoms with Crippen LogP contribution in [0.25, 0.3) is 4.83 Å². The number of pyridine rings is 1. The summed E-state index contributed by atoms with van der Waals surface area (Å²) in [5.41, 5.74) is 1.26. The van der Waals surface area contributed by atoms with Crippen molar-refractivity contribution in [1.82, 2.24) is 14.4 Å². The zero-order valence-electron chi connectivity index (χ0n) is 12.8. The first-order valence-corrected chi connectivity index (χ1v) is 7.54. The molecule has 0 aliphatic heterocycles. The van der Waals surface area contributed by atoms with Crippen LogP contribution in [-0.4, -0.2) is 41.7 Å². The first-order chi connectivity index (χ1) is 11.2. The molecule has 0 unspecified atom stereocenters. The van der Waals surface area contributed by atoms with E-state index < -0.39 is 11.8 Å². The normalized spacial score (nSPS) is 11.8. The van der Waals surface area contributed by atoms with Gasteiger partial charge in [-0.05, 0) is 6.07 Å². The van der Waals surface area contributed by atoms with E-state index in [0.717, 1.165) is 4.83 Å². The summed E-state index contributed by atoms with van der Waals surface area (Å²) < 4.78 is 17.9. The fraction of sp³-hybridized carbons (Fsp3) is 0.267. The van der Waals surface area contributed by atoms with Crippen molar-refractivity contribution in [2.75, 3.05) is 21.3 Å². The molecule has 0 bridgehead atoms. The third-order valence-corrected chi connectivity index (χ3v) is 4.62. The third-order valence-electron chi connectivity index (χ3n) is 3.53. The van der Waals surface area contributed by atoms with Crippen LogP contribution in [0.4, 0.5) is 0 Å². The molecule has 0 aliphatic carbocycles. The number of hydrogen-bond donors (Lipinski definition) is 0. The zero-order chi connectivity index (χ0) is 16.4. The Hall–Kier alpha value is -2.29. The first kappa shape index (κ1) is 15.6. The minimum Gasteiger partial charge on any atom is -0.465 e. The van der Waals surface area contributed by atoms with Crippen LogP contribution in [0.5, 0.6) is 0 Å². The Morgan fingerprint density at radius 1 is 1.30 bits per heavy atom. The minimum atomic E-state index is -1.21. The fourth-order valence-corrected chi connectivity index (χ4v) is 3.46. The summed E-state index contributed by atoms with van der Waals surface area (Å²) in [6.07, 6.45) is 6.61. The summed E-state index contributed by atoms with van der Waals surface area (Å²) in [6.45, 7) is 0. The van der Waals surface area contributed by atoms with Crippen LogP contribution < -0.4 is 0 Å². The van der Waals surface area contributed by atoms with Gasteiger partial charge in [-0.3, -0.25) is 9.38 Å². The first-order valence-electron chi connectivity index (χ1n) is 6.72. The van der Waals surface area contributed by atoms with E-state index in [0.29, 0.717) is 16.1 Å². The van der Waals surface area contributed by atoms with Crippen LogP contribution in [0.3, 0.4) is 0 Å². The lowest BCUT2D eigenvalue weighted by molar-refractivity contribution is -0.185. The van der Waals surface area contributed by atoms with Crippen molar-refractivity contribution in [3.63, 3.8) is 0 Å². The number of nitrogens with zero attached hydrogens (tertiary/aromatic N) is 3. The highest BCUT2D eigenvalue weighted by Gasteiger charge is 2.39. The van der Waals surface area contributed by atoms with Crippen molar-refractivity contribution in [1.29, 1.82) is 0 Å². The Bertz CT molecular complexity index is 824. The van der Waals surface area contributed by atoms with Gasteiger partial charge in [0.2, 0.25) is 5.79 Å². The number of imidazole rings is 1. The van der Waals surface area contributed by atoms with E-state index in [1.807, 2.05) is 6.07 Å². The molecule has 0 N–H and O–H groups in total. The summed E-state index contributed by atoms with van der Waals surface area (Å²) in [6, 6.07) is 3.64. The van der Waals surface area contributed by atoms with E-state index >= 15 is 0 Å². The number of thiazole rings is 1. The Morgan fingerprint density at radius 3 is 2.70 bits per heavy atom. The van der Waals surface area contributed by atoms with Crippen molar-refractivity contribution in [3.05, 3.63) is 53.2 Å². The maximum atomic E-state index is 11.7. The quantitative estimate of drug-likeness (QED) is 0.526. The SMILES string of the molecule is COC(=O)c1cn2cnc(C(OC)(OC)c3cccnc3)c2s1. The van der Waals surface area contributed by atoms with Gasteiger partial charge in [-0.15, -0.1) is 11.3 Å². The van der Waals surface area contributed by atoms with Crippen LogP contribution >= 0.6 is 11.3 Å². The van der Waals surface area contributed by atoms with Gasteiger partial charge in [0.05, 0.1) is 7.11 Å². The second-order valence-corrected chi connectivity index (χ2v) is 5.69. The maximum absolute atomic E-state index is 11.7. The molecule has 3 aromatic rings. The zero-order valence-corrected chi connectivity index (χ0v) is 13.7. The molecule has 0 fully saturated rings. The van der Waals surface area contributed by atoms with Gasteiger partial charge in [0, 0.05) is 38.4 Å². The van der Waals surface area contributed by atoms with Crippen molar-refractivity contribution >= 4 is 22.1 Å². The molecular formula is C15H15N3O4S. The smallest absolute Gasteiger partial charge is 0.349 e. The van der Waals surface area contributed by atoms with E-state index in [-0.39, 0.29) is 0 Å². The minimum absolute atomic E-state index is 0.397. The average molecular weight is 333 g/mol. The number of fused-ring (bicyclic) bond motifs is 1. The maximum Gasteiger partial charge on any atom is 0.349 e. The van der Waals surface area contributed by atoms with Gasteiger partial charge in [0.15, 0.2) is 0 Å². The summed E-state index contributed by atoms with van der Waals surface area (Å²) in [5, 5.41) is 0. The molecule has 8 heteroatoms. The molecule has 0 aromatic carbocycles. The summed E-state index contributed by atoms with van der Waals surface area (Å²) >= 11 is 1.26. The summed E-state index contributed by atoms with van der Waals surface area (Å²) in [5.74, 6) is -1.60. The number of ether oxygens (including phenoxy) is 3. The molecule has 0 saturated heterocycles. The molecule has 0 radical (unpaired) electrons. The molecule has 3 rings (SSSR count). The van der Waals surface area contributed by atoms with Gasteiger partial charge in [0.25, 0.3) is 0 Å². The predicted molar refractivity (Wildman–Crippen MR) is 83.4 cm³/mol. The van der Waals surface area contributed by atoms with E-state index in [9.17, 15) is 4.79 Å². The van der Waals surface area contributed by atoms with Crippen LogP contribution in [-0.2, 0) is 20.0 Å². The molecule has 23 heavy (non-hydrogen) atoms. The molecule has 3 aromatic heterocycles. The molecule has 0 saturated carbocycles. The van der Waals surface area contributed by atoms with Crippen LogP contribution in [0.15, 0.2) is 37.1 Å². The Morgan fingerprint density at radius 2 is 2.09 bits per heavy atom. The molecule has 0 atom stereocenters. The largest absolute Gasteiger partial charge is 0.465 e. The molecule has 0 amide bonds. The van der Waals surface area contributed by atoms with E-state index in [1.165, 1.54) is 32.7 Å². The van der Waals surface area contributed by atoms with Gasteiger partial charge < -0.3 is 14.2 Å². The lowest BCUT2D eigenvalue weighted by Gasteiger charge is -2.29. The molecule has 7 nitrogen and oxygen atoms in total. The van der Waals surface area contributed by atoms with Gasteiger partial charge in [0.1, 0.15) is 21.7 Å². The van der Waals surface area contributed by atoms with Crippen molar-refractivity contribution in [2.45, 2.75) is 5.79 Å². The van der Waals surface area contributed by atoms with Crippen molar-refractivity contribution in [2.24, 2.45) is 0 Å². The summed E-state index contributed by atoms with van der Waals surface area (Å²) in [4.78, 5) is 21.5. The molecule has 0 aliphatic rings. The molecule has 120 valence electrons. The number of carbonyl (C=O) groups is 1. The molecular weight excluding hydrogens is 318 g/mol. The van der Waals surface area contributed by atoms with Crippen LogP contribution in [0.2, 0.25) is 0 Å².